The van der Waals surface area contributed by atoms with Crippen molar-refractivity contribution in [2.75, 3.05) is 0 Å². The van der Waals surface area contributed by atoms with Gasteiger partial charge in [0.2, 0.25) is 0 Å². The number of ketones is 1. The minimum atomic E-state index is 0.0199. The standard InChI is InChI=1S/C42H56O2/c1-3-5-6-7-8-9-10-11-12-13-14-15-16-17-21-24-42(44-35-38-27-25-36(4-2)26-28-38)40-32-29-37(30-33-40)31-34-41(43)39-22-19-18-20-23-39/h4,18-20,22-23,25-34,42H,2-3,5-17,21,24,35H2,1H3. The molecule has 0 heterocycles. The molecule has 1 atom stereocenters. The van der Waals surface area contributed by atoms with Crippen LogP contribution in [0.3, 0.4) is 0 Å². The summed E-state index contributed by atoms with van der Waals surface area (Å²) >= 11 is 0. The van der Waals surface area contributed by atoms with Gasteiger partial charge in [-0.05, 0) is 34.8 Å². The van der Waals surface area contributed by atoms with E-state index in [0.717, 1.165) is 17.5 Å². The molecule has 0 aliphatic heterocycles. The van der Waals surface area contributed by atoms with E-state index in [4.69, 9.17) is 4.74 Å². The summed E-state index contributed by atoms with van der Waals surface area (Å²) in [7, 11) is 0. The summed E-state index contributed by atoms with van der Waals surface area (Å²) < 4.78 is 6.50. The molecule has 0 amide bonds. The van der Waals surface area contributed by atoms with Crippen molar-refractivity contribution in [3.63, 3.8) is 0 Å². The van der Waals surface area contributed by atoms with Crippen LogP contribution in [0, 0.1) is 0 Å². The van der Waals surface area contributed by atoms with Crippen molar-refractivity contribution in [2.24, 2.45) is 0 Å². The predicted molar refractivity (Wildman–Crippen MR) is 190 cm³/mol. The Morgan fingerprint density at radius 3 is 1.73 bits per heavy atom. The molecule has 44 heavy (non-hydrogen) atoms. The number of benzene rings is 3. The molecule has 2 nitrogen and oxygen atoms in total. The van der Waals surface area contributed by atoms with Crippen LogP contribution in [0.4, 0.5) is 0 Å². The van der Waals surface area contributed by atoms with Gasteiger partial charge in [-0.15, -0.1) is 0 Å². The SMILES string of the molecule is C=Cc1ccc(COC(CCCCCCCCCCCCCCCCC)c2ccc(C=CC(=O)c3ccccc3)cc2)cc1. The molecule has 0 saturated carbocycles. The van der Waals surface area contributed by atoms with Crippen LogP contribution in [0.1, 0.15) is 148 Å². The fourth-order valence-electron chi connectivity index (χ4n) is 5.69. The van der Waals surface area contributed by atoms with Crippen LogP contribution >= 0.6 is 0 Å². The third-order valence-electron chi connectivity index (χ3n) is 8.53. The summed E-state index contributed by atoms with van der Waals surface area (Å²) in [4.78, 5) is 12.5. The minimum absolute atomic E-state index is 0.0199. The number of hydrogen-bond donors (Lipinski definition) is 0. The third-order valence-corrected chi connectivity index (χ3v) is 8.53. The molecule has 236 valence electrons. The van der Waals surface area contributed by atoms with E-state index in [1.165, 1.54) is 107 Å². The summed E-state index contributed by atoms with van der Waals surface area (Å²) in [5.41, 5.74) is 5.22. The molecule has 0 aliphatic carbocycles. The topological polar surface area (TPSA) is 26.3 Å². The summed E-state index contributed by atoms with van der Waals surface area (Å²) in [6.07, 6.45) is 27.1. The first-order chi connectivity index (χ1) is 21.7. The molecule has 0 aromatic heterocycles. The van der Waals surface area contributed by atoms with Crippen molar-refractivity contribution < 1.29 is 9.53 Å². The fraction of sp³-hybridized carbons (Fsp3) is 0.452. The Bertz CT molecular complexity index is 1190. The van der Waals surface area contributed by atoms with E-state index in [1.807, 2.05) is 42.5 Å². The summed E-state index contributed by atoms with van der Waals surface area (Å²) in [5.74, 6) is 0.0199. The number of carbonyl (C=O) groups is 1. The Morgan fingerprint density at radius 1 is 0.659 bits per heavy atom. The lowest BCUT2D eigenvalue weighted by Gasteiger charge is -2.19. The van der Waals surface area contributed by atoms with Crippen LogP contribution in [-0.2, 0) is 11.3 Å². The predicted octanol–water partition coefficient (Wildman–Crippen LogP) is 12.7. The number of hydrogen-bond acceptors (Lipinski definition) is 2. The second kappa shape index (κ2) is 22.3. The zero-order chi connectivity index (χ0) is 31.1. The summed E-state index contributed by atoms with van der Waals surface area (Å²) in [6, 6.07) is 26.3. The maximum Gasteiger partial charge on any atom is 0.185 e. The van der Waals surface area contributed by atoms with Gasteiger partial charge >= 0.3 is 0 Å². The summed E-state index contributed by atoms with van der Waals surface area (Å²) in [6.45, 7) is 6.73. The van der Waals surface area contributed by atoms with Crippen LogP contribution in [-0.4, -0.2) is 5.78 Å². The Hall–Kier alpha value is -3.23. The zero-order valence-electron chi connectivity index (χ0n) is 27.4. The number of carbonyl (C=O) groups excluding carboxylic acids is 1. The third kappa shape index (κ3) is 14.5. The van der Waals surface area contributed by atoms with E-state index in [1.54, 1.807) is 6.08 Å². The first-order valence-corrected chi connectivity index (χ1v) is 17.4. The van der Waals surface area contributed by atoms with Crippen molar-refractivity contribution in [1.29, 1.82) is 0 Å². The molecule has 0 N–H and O–H groups in total. The summed E-state index contributed by atoms with van der Waals surface area (Å²) in [5, 5.41) is 0. The Morgan fingerprint density at radius 2 is 1.18 bits per heavy atom. The lowest BCUT2D eigenvalue weighted by molar-refractivity contribution is 0.0321. The molecule has 0 aliphatic rings. The largest absolute Gasteiger partial charge is 0.369 e. The monoisotopic (exact) mass is 592 g/mol. The van der Waals surface area contributed by atoms with E-state index in [0.29, 0.717) is 12.2 Å². The molecule has 0 bridgehead atoms. The highest BCUT2D eigenvalue weighted by atomic mass is 16.5. The normalized spacial score (nSPS) is 12.0. The van der Waals surface area contributed by atoms with Gasteiger partial charge < -0.3 is 4.74 Å². The second-order valence-corrected chi connectivity index (χ2v) is 12.2. The highest BCUT2D eigenvalue weighted by Gasteiger charge is 2.13. The molecule has 3 rings (SSSR count). The van der Waals surface area contributed by atoms with Crippen LogP contribution in [0.15, 0.2) is 91.5 Å². The molecule has 2 heteroatoms. The molecule has 3 aromatic rings. The van der Waals surface area contributed by atoms with Crippen molar-refractivity contribution in [3.05, 3.63) is 119 Å². The van der Waals surface area contributed by atoms with Crippen molar-refractivity contribution in [2.45, 2.75) is 122 Å². The lowest BCUT2D eigenvalue weighted by atomic mass is 9.99. The van der Waals surface area contributed by atoms with Gasteiger partial charge in [0.05, 0.1) is 12.7 Å². The van der Waals surface area contributed by atoms with Crippen LogP contribution in [0.25, 0.3) is 12.2 Å². The van der Waals surface area contributed by atoms with Crippen LogP contribution < -0.4 is 0 Å². The van der Waals surface area contributed by atoms with Gasteiger partial charge in [0.25, 0.3) is 0 Å². The van der Waals surface area contributed by atoms with Gasteiger partial charge in [-0.1, -0.05) is 201 Å². The first kappa shape index (κ1) is 35.3. The van der Waals surface area contributed by atoms with Gasteiger partial charge in [0, 0.05) is 5.56 Å². The first-order valence-electron chi connectivity index (χ1n) is 17.4. The molecule has 0 spiro atoms. The average Bonchev–Trinajstić information content (AvgIpc) is 3.07. The Kier molecular flexibility index (Phi) is 17.9. The molecule has 3 aromatic carbocycles. The van der Waals surface area contributed by atoms with Gasteiger partial charge in [-0.2, -0.15) is 0 Å². The van der Waals surface area contributed by atoms with Gasteiger partial charge in [0.15, 0.2) is 5.78 Å². The maximum atomic E-state index is 12.5. The van der Waals surface area contributed by atoms with Gasteiger partial charge in [-0.25, -0.2) is 0 Å². The smallest absolute Gasteiger partial charge is 0.185 e. The van der Waals surface area contributed by atoms with E-state index in [9.17, 15) is 4.79 Å². The van der Waals surface area contributed by atoms with Crippen molar-refractivity contribution in [1.82, 2.24) is 0 Å². The van der Waals surface area contributed by atoms with E-state index >= 15 is 0 Å². The second-order valence-electron chi connectivity index (χ2n) is 12.2. The lowest BCUT2D eigenvalue weighted by Crippen LogP contribution is -2.05. The quantitative estimate of drug-likeness (QED) is 0.0587. The van der Waals surface area contributed by atoms with Crippen LogP contribution in [0.5, 0.6) is 0 Å². The van der Waals surface area contributed by atoms with Crippen molar-refractivity contribution >= 4 is 17.9 Å². The van der Waals surface area contributed by atoms with E-state index < -0.39 is 0 Å². The average molecular weight is 593 g/mol. The molecule has 0 saturated heterocycles. The fourth-order valence-corrected chi connectivity index (χ4v) is 5.69. The van der Waals surface area contributed by atoms with Crippen LogP contribution in [0.2, 0.25) is 0 Å². The molecule has 0 radical (unpaired) electrons. The maximum absolute atomic E-state index is 12.5. The molecular formula is C42H56O2. The minimum Gasteiger partial charge on any atom is -0.369 e. The highest BCUT2D eigenvalue weighted by Crippen LogP contribution is 2.27. The van der Waals surface area contributed by atoms with Gasteiger partial charge in [0.1, 0.15) is 0 Å². The highest BCUT2D eigenvalue weighted by molar-refractivity contribution is 6.06. The molecule has 1 unspecified atom stereocenters. The number of allylic oxidation sites excluding steroid dienone is 1. The van der Waals surface area contributed by atoms with E-state index in [2.05, 4.69) is 62.0 Å². The van der Waals surface area contributed by atoms with Crippen molar-refractivity contribution in [3.8, 4) is 0 Å². The van der Waals surface area contributed by atoms with E-state index in [-0.39, 0.29) is 11.9 Å². The Labute approximate surface area is 268 Å². The number of unbranched alkanes of at least 4 members (excludes halogenated alkanes) is 14. The number of rotatable bonds is 24. The molecule has 0 fully saturated rings. The van der Waals surface area contributed by atoms with Gasteiger partial charge in [-0.3, -0.25) is 4.79 Å². The Balaban J connectivity index is 1.41. The zero-order valence-corrected chi connectivity index (χ0v) is 27.4. The molecular weight excluding hydrogens is 536 g/mol. The number of ether oxygens (including phenoxy) is 1.